The Kier molecular flexibility index (Phi) is 6.35. The fourth-order valence-corrected chi connectivity index (χ4v) is 3.74. The molecule has 4 heteroatoms. The molecule has 1 amide bonds. The summed E-state index contributed by atoms with van der Waals surface area (Å²) in [6.07, 6.45) is 3.53. The number of morpholine rings is 1. The molecule has 1 fully saturated rings. The molecule has 3 aromatic rings. The molecule has 0 spiro atoms. The molecule has 4 rings (SSSR count). The number of ether oxygens (including phenoxy) is 1. The van der Waals surface area contributed by atoms with Crippen LogP contribution in [0.1, 0.15) is 17.2 Å². The molecule has 0 radical (unpaired) electrons. The third kappa shape index (κ3) is 5.11. The van der Waals surface area contributed by atoms with Crippen molar-refractivity contribution >= 4 is 22.8 Å². The lowest BCUT2D eigenvalue weighted by molar-refractivity contribution is -0.117. The van der Waals surface area contributed by atoms with Crippen molar-refractivity contribution in [3.63, 3.8) is 0 Å². The predicted octanol–water partition coefficient (Wildman–Crippen LogP) is 4.04. The highest BCUT2D eigenvalue weighted by Crippen LogP contribution is 2.20. The highest BCUT2D eigenvalue weighted by atomic mass is 16.5. The molecular weight excluding hydrogens is 360 g/mol. The lowest BCUT2D eigenvalue weighted by Gasteiger charge is -2.31. The average Bonchev–Trinajstić information content (AvgIpc) is 2.78. The number of amides is 1. The number of carbonyl (C=O) groups is 1. The Hall–Kier alpha value is -2.95. The molecule has 3 aromatic carbocycles. The van der Waals surface area contributed by atoms with Gasteiger partial charge in [-0.1, -0.05) is 72.8 Å². The van der Waals surface area contributed by atoms with E-state index < -0.39 is 0 Å². The van der Waals surface area contributed by atoms with Gasteiger partial charge >= 0.3 is 0 Å². The van der Waals surface area contributed by atoms with Gasteiger partial charge in [0.05, 0.1) is 19.3 Å². The highest BCUT2D eigenvalue weighted by molar-refractivity contribution is 5.96. The Balaban J connectivity index is 1.49. The van der Waals surface area contributed by atoms with Crippen LogP contribution in [0, 0.1) is 0 Å². The maximum atomic E-state index is 12.7. The van der Waals surface area contributed by atoms with Crippen molar-refractivity contribution in [2.75, 3.05) is 32.8 Å². The fourth-order valence-electron chi connectivity index (χ4n) is 3.74. The SMILES string of the molecule is O=C(/C=C/c1cccc2ccccc12)NC(CN1CCOCC1)c1ccccc1. The van der Waals surface area contributed by atoms with Crippen LogP contribution in [0.4, 0.5) is 0 Å². The van der Waals surface area contributed by atoms with E-state index in [2.05, 4.69) is 40.5 Å². The van der Waals surface area contributed by atoms with E-state index in [4.69, 9.17) is 4.74 Å². The second kappa shape index (κ2) is 9.50. The molecule has 0 aromatic heterocycles. The lowest BCUT2D eigenvalue weighted by atomic mass is 10.0. The molecule has 1 atom stereocenters. The summed E-state index contributed by atoms with van der Waals surface area (Å²) in [6.45, 7) is 4.06. The standard InChI is InChI=1S/C25H26N2O2/c28-25(14-13-21-11-6-10-20-7-4-5-12-23(20)21)26-24(22-8-2-1-3-9-22)19-27-15-17-29-18-16-27/h1-14,24H,15-19H2,(H,26,28)/b14-13+. The minimum absolute atomic E-state index is 0.0565. The second-order valence-electron chi connectivity index (χ2n) is 7.29. The van der Waals surface area contributed by atoms with Gasteiger partial charge in [-0.2, -0.15) is 0 Å². The van der Waals surface area contributed by atoms with Crippen LogP contribution in [0.3, 0.4) is 0 Å². The normalized spacial score (nSPS) is 16.1. The zero-order chi connectivity index (χ0) is 19.9. The number of hydrogen-bond donors (Lipinski definition) is 1. The Morgan fingerprint density at radius 1 is 0.966 bits per heavy atom. The van der Waals surface area contributed by atoms with Crippen molar-refractivity contribution in [1.82, 2.24) is 10.2 Å². The number of fused-ring (bicyclic) bond motifs is 1. The number of rotatable bonds is 6. The van der Waals surface area contributed by atoms with Crippen molar-refractivity contribution in [3.05, 3.63) is 90.0 Å². The predicted molar refractivity (Wildman–Crippen MR) is 118 cm³/mol. The summed E-state index contributed by atoms with van der Waals surface area (Å²) in [7, 11) is 0. The van der Waals surface area contributed by atoms with Gasteiger partial charge in [0, 0.05) is 25.7 Å². The van der Waals surface area contributed by atoms with Crippen LogP contribution in [0.25, 0.3) is 16.8 Å². The largest absolute Gasteiger partial charge is 0.379 e. The fraction of sp³-hybridized carbons (Fsp3) is 0.240. The van der Waals surface area contributed by atoms with Crippen molar-refractivity contribution in [2.45, 2.75) is 6.04 Å². The van der Waals surface area contributed by atoms with Gasteiger partial charge in [0.25, 0.3) is 0 Å². The van der Waals surface area contributed by atoms with E-state index in [0.717, 1.165) is 49.4 Å². The molecular formula is C25H26N2O2. The zero-order valence-electron chi connectivity index (χ0n) is 16.5. The third-order valence-corrected chi connectivity index (χ3v) is 5.30. The number of nitrogens with one attached hydrogen (secondary N) is 1. The molecule has 148 valence electrons. The third-order valence-electron chi connectivity index (χ3n) is 5.30. The van der Waals surface area contributed by atoms with Crippen molar-refractivity contribution in [1.29, 1.82) is 0 Å². The van der Waals surface area contributed by atoms with Crippen molar-refractivity contribution in [3.8, 4) is 0 Å². The van der Waals surface area contributed by atoms with E-state index in [0.29, 0.717) is 0 Å². The average molecular weight is 386 g/mol. The number of nitrogens with zero attached hydrogens (tertiary/aromatic N) is 1. The maximum Gasteiger partial charge on any atom is 0.244 e. The van der Waals surface area contributed by atoms with Crippen LogP contribution in [-0.2, 0) is 9.53 Å². The Bertz CT molecular complexity index is 973. The van der Waals surface area contributed by atoms with E-state index in [1.807, 2.05) is 48.5 Å². The minimum atomic E-state index is -0.0833. The van der Waals surface area contributed by atoms with Crippen LogP contribution in [0.15, 0.2) is 78.9 Å². The van der Waals surface area contributed by atoms with Gasteiger partial charge < -0.3 is 10.1 Å². The van der Waals surface area contributed by atoms with Gasteiger partial charge in [0.15, 0.2) is 0 Å². The highest BCUT2D eigenvalue weighted by Gasteiger charge is 2.19. The molecule has 1 heterocycles. The summed E-state index contributed by atoms with van der Waals surface area (Å²) in [6, 6.07) is 24.5. The summed E-state index contributed by atoms with van der Waals surface area (Å²) in [5.41, 5.74) is 2.16. The van der Waals surface area contributed by atoms with Crippen LogP contribution < -0.4 is 5.32 Å². The Morgan fingerprint density at radius 2 is 1.69 bits per heavy atom. The summed E-state index contributed by atoms with van der Waals surface area (Å²) >= 11 is 0. The summed E-state index contributed by atoms with van der Waals surface area (Å²) in [5.74, 6) is -0.0833. The Morgan fingerprint density at radius 3 is 2.52 bits per heavy atom. The second-order valence-corrected chi connectivity index (χ2v) is 7.29. The Labute approximate surface area is 171 Å². The first-order valence-corrected chi connectivity index (χ1v) is 10.1. The summed E-state index contributed by atoms with van der Waals surface area (Å²) in [5, 5.41) is 5.51. The smallest absolute Gasteiger partial charge is 0.244 e. The monoisotopic (exact) mass is 386 g/mol. The quantitative estimate of drug-likeness (QED) is 0.650. The van der Waals surface area contributed by atoms with E-state index in [1.54, 1.807) is 6.08 Å². The van der Waals surface area contributed by atoms with Gasteiger partial charge in [-0.25, -0.2) is 0 Å². The molecule has 0 saturated carbocycles. The summed E-state index contributed by atoms with van der Waals surface area (Å²) < 4.78 is 5.45. The van der Waals surface area contributed by atoms with Crippen molar-refractivity contribution in [2.24, 2.45) is 0 Å². The molecule has 1 N–H and O–H groups in total. The number of hydrogen-bond acceptors (Lipinski definition) is 3. The van der Waals surface area contributed by atoms with Crippen LogP contribution in [0.5, 0.6) is 0 Å². The van der Waals surface area contributed by atoms with E-state index in [1.165, 1.54) is 5.39 Å². The molecule has 1 aliphatic heterocycles. The van der Waals surface area contributed by atoms with Gasteiger partial charge in [0.1, 0.15) is 0 Å². The van der Waals surface area contributed by atoms with Gasteiger partial charge in [-0.05, 0) is 28.0 Å². The van der Waals surface area contributed by atoms with Crippen LogP contribution in [0.2, 0.25) is 0 Å². The topological polar surface area (TPSA) is 41.6 Å². The summed E-state index contributed by atoms with van der Waals surface area (Å²) in [4.78, 5) is 15.1. The van der Waals surface area contributed by atoms with E-state index >= 15 is 0 Å². The zero-order valence-corrected chi connectivity index (χ0v) is 16.5. The van der Waals surface area contributed by atoms with Gasteiger partial charge in [0.2, 0.25) is 5.91 Å². The minimum Gasteiger partial charge on any atom is -0.379 e. The molecule has 0 aliphatic carbocycles. The molecule has 1 unspecified atom stereocenters. The maximum absolute atomic E-state index is 12.7. The molecule has 1 saturated heterocycles. The van der Waals surface area contributed by atoms with Crippen molar-refractivity contribution < 1.29 is 9.53 Å². The van der Waals surface area contributed by atoms with Crippen LogP contribution >= 0.6 is 0 Å². The first-order valence-electron chi connectivity index (χ1n) is 10.1. The van der Waals surface area contributed by atoms with E-state index in [-0.39, 0.29) is 11.9 Å². The first kappa shape index (κ1) is 19.4. The molecule has 0 bridgehead atoms. The van der Waals surface area contributed by atoms with Crippen LogP contribution in [-0.4, -0.2) is 43.7 Å². The van der Waals surface area contributed by atoms with Gasteiger partial charge in [-0.3, -0.25) is 9.69 Å². The first-order chi connectivity index (χ1) is 14.3. The lowest BCUT2D eigenvalue weighted by Crippen LogP contribution is -2.42. The van der Waals surface area contributed by atoms with E-state index in [9.17, 15) is 4.79 Å². The molecule has 4 nitrogen and oxygen atoms in total. The van der Waals surface area contributed by atoms with Gasteiger partial charge in [-0.15, -0.1) is 0 Å². The molecule has 29 heavy (non-hydrogen) atoms. The number of benzene rings is 3. The molecule has 1 aliphatic rings. The number of carbonyl (C=O) groups excluding carboxylic acids is 1.